The fourth-order valence-electron chi connectivity index (χ4n) is 0.170. The summed E-state index contributed by atoms with van der Waals surface area (Å²) in [5.41, 5.74) is 0. The summed E-state index contributed by atoms with van der Waals surface area (Å²) in [5, 5.41) is 5.37. The van der Waals surface area contributed by atoms with Crippen molar-refractivity contribution < 1.29 is 74.4 Å². The number of hydrogen-bond donors (Lipinski definition) is 5. The summed E-state index contributed by atoms with van der Waals surface area (Å²) < 4.78 is 20.5. The van der Waals surface area contributed by atoms with Crippen LogP contribution < -0.4 is 37.7 Å². The SMILES string of the molecule is CC(O)(P(=O)(O)O)P(=O)(O)O.[H-].[H-].[Li+].[Li+]. The number of hydrogen-bond acceptors (Lipinski definition) is 3. The van der Waals surface area contributed by atoms with Gasteiger partial charge in [-0.05, 0) is 6.92 Å². The molecule has 0 fully saturated rings. The molecule has 0 aromatic heterocycles. The molecule has 0 atom stereocenters. The van der Waals surface area contributed by atoms with Crippen LogP contribution in [0.1, 0.15) is 9.78 Å². The summed E-state index contributed by atoms with van der Waals surface area (Å²) in [4.78, 5) is 33.0. The minimum absolute atomic E-state index is 0. The molecule has 11 heteroatoms. The maximum atomic E-state index is 10.3. The summed E-state index contributed by atoms with van der Waals surface area (Å²) in [7, 11) is -10.4. The fraction of sp³-hybridized carbons (Fsp3) is 1.00. The van der Waals surface area contributed by atoms with E-state index in [0.29, 0.717) is 6.92 Å². The van der Waals surface area contributed by atoms with Gasteiger partial charge in [-0.3, -0.25) is 9.13 Å². The molecule has 0 amide bonds. The minimum atomic E-state index is -5.20. The van der Waals surface area contributed by atoms with Crippen molar-refractivity contribution in [1.29, 1.82) is 0 Å². The van der Waals surface area contributed by atoms with Crippen LogP contribution in [0.25, 0.3) is 0 Å². The molecule has 7 nitrogen and oxygen atoms in total. The van der Waals surface area contributed by atoms with Crippen LogP contribution >= 0.6 is 15.2 Å². The monoisotopic (exact) mass is 222 g/mol. The summed E-state index contributed by atoms with van der Waals surface area (Å²) in [6.45, 7) is 0.383. The first-order valence-corrected chi connectivity index (χ1v) is 5.56. The molecule has 0 aromatic rings. The molecule has 72 valence electrons. The Balaban J connectivity index is -0.0000000833. The molecule has 0 saturated heterocycles. The van der Waals surface area contributed by atoms with Crippen LogP contribution in [0.2, 0.25) is 0 Å². The van der Waals surface area contributed by atoms with Gasteiger partial charge in [0.1, 0.15) is 0 Å². The van der Waals surface area contributed by atoms with Gasteiger partial charge in [-0.2, -0.15) is 0 Å². The van der Waals surface area contributed by atoms with Gasteiger partial charge in [-0.25, -0.2) is 0 Å². The Morgan fingerprint density at radius 3 is 1.15 bits per heavy atom. The van der Waals surface area contributed by atoms with E-state index in [1.165, 1.54) is 0 Å². The molecule has 0 unspecified atom stereocenters. The van der Waals surface area contributed by atoms with Gasteiger partial charge in [-0.1, -0.05) is 0 Å². The Kier molecular flexibility index (Phi) is 8.46. The Hall–Kier alpha value is 1.45. The Labute approximate surface area is 102 Å². The molecule has 0 aliphatic carbocycles. The van der Waals surface area contributed by atoms with Crippen molar-refractivity contribution >= 4 is 15.2 Å². The Morgan fingerprint density at radius 1 is 1.00 bits per heavy atom. The largest absolute Gasteiger partial charge is 1.00 e. The predicted octanol–water partition coefficient (Wildman–Crippen LogP) is -6.76. The zero-order valence-electron chi connectivity index (χ0n) is 9.45. The smallest absolute Gasteiger partial charge is 1.00 e. The van der Waals surface area contributed by atoms with E-state index in [1.54, 1.807) is 0 Å². The standard InChI is InChI=1S/C2H8O7P2.2Li.2H/c1-2(3,10(4,5)6)11(7,8)9;;;;/h3H,1H3,(H2,4,5,6)(H2,7,8,9);;;;/q;2*+1;2*-1. The third-order valence-corrected chi connectivity index (χ3v) is 4.87. The van der Waals surface area contributed by atoms with Gasteiger partial charge < -0.3 is 27.5 Å². The van der Waals surface area contributed by atoms with E-state index in [-0.39, 0.29) is 40.6 Å². The normalized spacial score (nSPS) is 12.8. The second kappa shape index (κ2) is 5.51. The average Bonchev–Trinajstić information content (AvgIpc) is 1.58. The molecule has 0 aliphatic rings. The van der Waals surface area contributed by atoms with Gasteiger partial charge in [0.05, 0.1) is 0 Å². The quantitative estimate of drug-likeness (QED) is 0.231. The van der Waals surface area contributed by atoms with E-state index in [1.807, 2.05) is 0 Å². The van der Waals surface area contributed by atoms with E-state index in [0.717, 1.165) is 0 Å². The predicted molar refractivity (Wildman–Crippen MR) is 36.9 cm³/mol. The summed E-state index contributed by atoms with van der Waals surface area (Å²) in [6.07, 6.45) is 0. The second-order valence-electron chi connectivity index (χ2n) is 2.06. The molecule has 0 aliphatic heterocycles. The fourth-order valence-corrected chi connectivity index (χ4v) is 1.53. The molecule has 0 spiro atoms. The molecule has 0 aromatic carbocycles. The first kappa shape index (κ1) is 19.9. The second-order valence-corrected chi connectivity index (χ2v) is 6.33. The van der Waals surface area contributed by atoms with E-state index >= 15 is 0 Å². The van der Waals surface area contributed by atoms with Crippen LogP contribution in [0, 0.1) is 0 Å². The topological polar surface area (TPSA) is 135 Å². The molecule has 0 rings (SSSR count). The molecule has 0 saturated carbocycles. The van der Waals surface area contributed by atoms with Gasteiger partial charge in [0.25, 0.3) is 5.08 Å². The minimum Gasteiger partial charge on any atom is -1.00 e. The molecule has 0 heterocycles. The summed E-state index contributed by atoms with van der Waals surface area (Å²) >= 11 is 0. The van der Waals surface area contributed by atoms with Crippen molar-refractivity contribution in [2.24, 2.45) is 0 Å². The maximum absolute atomic E-state index is 10.3. The summed E-state index contributed by atoms with van der Waals surface area (Å²) in [6, 6.07) is 0. The van der Waals surface area contributed by atoms with E-state index in [9.17, 15) is 9.13 Å². The van der Waals surface area contributed by atoms with Crippen molar-refractivity contribution in [3.8, 4) is 0 Å². The van der Waals surface area contributed by atoms with Gasteiger partial charge in [-0.15, -0.1) is 0 Å². The molecule has 5 N–H and O–H groups in total. The van der Waals surface area contributed by atoms with Crippen molar-refractivity contribution in [2.75, 3.05) is 0 Å². The van der Waals surface area contributed by atoms with Crippen LogP contribution in [0.3, 0.4) is 0 Å². The van der Waals surface area contributed by atoms with Crippen LogP contribution in [0.4, 0.5) is 0 Å². The van der Waals surface area contributed by atoms with Crippen LogP contribution in [0.15, 0.2) is 0 Å². The van der Waals surface area contributed by atoms with Gasteiger partial charge >= 0.3 is 52.9 Å². The molecule has 13 heavy (non-hydrogen) atoms. The van der Waals surface area contributed by atoms with E-state index in [4.69, 9.17) is 24.7 Å². The van der Waals surface area contributed by atoms with E-state index in [2.05, 4.69) is 0 Å². The molecule has 0 radical (unpaired) electrons. The molecular weight excluding hydrogens is 212 g/mol. The average molecular weight is 222 g/mol. The Morgan fingerprint density at radius 2 is 1.15 bits per heavy atom. The van der Waals surface area contributed by atoms with E-state index < -0.39 is 20.3 Å². The van der Waals surface area contributed by atoms with Crippen molar-refractivity contribution in [2.45, 2.75) is 12.0 Å². The third-order valence-electron chi connectivity index (χ3n) is 1.10. The summed E-state index contributed by atoms with van der Waals surface area (Å²) in [5.74, 6) is 0. The van der Waals surface area contributed by atoms with Gasteiger partial charge in [0.15, 0.2) is 0 Å². The Bertz CT molecular complexity index is 223. The zero-order chi connectivity index (χ0) is 9.50. The number of rotatable bonds is 2. The van der Waals surface area contributed by atoms with Crippen molar-refractivity contribution in [3.63, 3.8) is 0 Å². The molecule has 0 bridgehead atoms. The zero-order valence-corrected chi connectivity index (χ0v) is 9.24. The third kappa shape index (κ3) is 4.66. The first-order valence-electron chi connectivity index (χ1n) is 2.34. The van der Waals surface area contributed by atoms with Crippen molar-refractivity contribution in [3.05, 3.63) is 0 Å². The van der Waals surface area contributed by atoms with Gasteiger partial charge in [0.2, 0.25) is 0 Å². The van der Waals surface area contributed by atoms with Gasteiger partial charge in [0, 0.05) is 0 Å². The van der Waals surface area contributed by atoms with Crippen molar-refractivity contribution in [1.82, 2.24) is 0 Å². The first-order chi connectivity index (χ1) is 4.50. The van der Waals surface area contributed by atoms with Crippen LogP contribution in [-0.2, 0) is 9.13 Å². The maximum Gasteiger partial charge on any atom is 1.00 e. The number of aliphatic hydroxyl groups is 1. The molecular formula is C2H10Li2O7P2. The van der Waals surface area contributed by atoms with Crippen LogP contribution in [-0.4, -0.2) is 29.8 Å². The van der Waals surface area contributed by atoms with Crippen LogP contribution in [0.5, 0.6) is 0 Å².